The Labute approximate surface area is 101 Å². The molecule has 1 saturated carbocycles. The zero-order valence-corrected chi connectivity index (χ0v) is 11.1. The Kier molecular flexibility index (Phi) is 4.26. The molecule has 2 nitrogen and oxygen atoms in total. The predicted molar refractivity (Wildman–Crippen MR) is 69.8 cm³/mol. The van der Waals surface area contributed by atoms with Crippen LogP contribution in [-0.4, -0.2) is 36.1 Å². The molecular weight excluding hydrogens is 196 g/mol. The maximum atomic E-state index is 3.70. The van der Waals surface area contributed by atoms with Crippen LogP contribution in [0.2, 0.25) is 0 Å². The van der Waals surface area contributed by atoms with Crippen molar-refractivity contribution in [3.63, 3.8) is 0 Å². The Morgan fingerprint density at radius 2 is 2.00 bits per heavy atom. The number of nitrogens with zero attached hydrogens (tertiary/aromatic N) is 1. The first-order chi connectivity index (χ1) is 7.74. The zero-order valence-electron chi connectivity index (χ0n) is 11.1. The van der Waals surface area contributed by atoms with E-state index in [1.165, 1.54) is 64.6 Å². The molecule has 1 unspecified atom stereocenters. The molecular formula is C14H28N2. The summed E-state index contributed by atoms with van der Waals surface area (Å²) in [5.41, 5.74) is 0.534. The number of likely N-dealkylation sites (tertiary alicyclic amines) is 1. The molecule has 0 spiro atoms. The molecule has 0 aromatic heterocycles. The molecule has 2 aliphatic rings. The van der Waals surface area contributed by atoms with Crippen molar-refractivity contribution in [1.29, 1.82) is 0 Å². The molecule has 0 bridgehead atoms. The maximum Gasteiger partial charge on any atom is 0.0195 e. The Bertz CT molecular complexity index is 209. The molecule has 1 saturated heterocycles. The number of rotatable bonds is 4. The van der Waals surface area contributed by atoms with Gasteiger partial charge >= 0.3 is 0 Å². The summed E-state index contributed by atoms with van der Waals surface area (Å²) in [5, 5.41) is 3.70. The Balaban J connectivity index is 1.85. The second-order valence-electron chi connectivity index (χ2n) is 5.94. The van der Waals surface area contributed by atoms with E-state index in [0.29, 0.717) is 5.54 Å². The van der Waals surface area contributed by atoms with Crippen LogP contribution in [0.4, 0.5) is 0 Å². The van der Waals surface area contributed by atoms with Crippen LogP contribution in [0.5, 0.6) is 0 Å². The summed E-state index contributed by atoms with van der Waals surface area (Å²) in [5.74, 6) is 0. The van der Waals surface area contributed by atoms with E-state index in [1.807, 2.05) is 0 Å². The number of hydrogen-bond acceptors (Lipinski definition) is 2. The average molecular weight is 224 g/mol. The van der Waals surface area contributed by atoms with E-state index >= 15 is 0 Å². The summed E-state index contributed by atoms with van der Waals surface area (Å²) in [4.78, 5) is 2.77. The van der Waals surface area contributed by atoms with E-state index < -0.39 is 0 Å². The monoisotopic (exact) mass is 224 g/mol. The highest BCUT2D eigenvalue weighted by Gasteiger charge is 2.37. The minimum absolute atomic E-state index is 0.534. The summed E-state index contributed by atoms with van der Waals surface area (Å²) in [6.45, 7) is 8.56. The van der Waals surface area contributed by atoms with Gasteiger partial charge in [0.15, 0.2) is 0 Å². The molecule has 0 aromatic rings. The third kappa shape index (κ3) is 2.78. The zero-order chi connectivity index (χ0) is 11.4. The van der Waals surface area contributed by atoms with Crippen molar-refractivity contribution in [3.05, 3.63) is 0 Å². The number of piperidine rings is 1. The van der Waals surface area contributed by atoms with E-state index in [0.717, 1.165) is 6.04 Å². The summed E-state index contributed by atoms with van der Waals surface area (Å²) in [7, 11) is 0. The van der Waals surface area contributed by atoms with Gasteiger partial charge in [-0.25, -0.2) is 0 Å². The van der Waals surface area contributed by atoms with Crippen molar-refractivity contribution in [2.45, 2.75) is 70.4 Å². The second kappa shape index (κ2) is 5.50. The Morgan fingerprint density at radius 1 is 1.25 bits per heavy atom. The normalized spacial score (nSPS) is 30.8. The smallest absolute Gasteiger partial charge is 0.0195 e. The van der Waals surface area contributed by atoms with Gasteiger partial charge in [0, 0.05) is 18.1 Å². The quantitative estimate of drug-likeness (QED) is 0.790. The highest BCUT2D eigenvalue weighted by atomic mass is 15.2. The highest BCUT2D eigenvalue weighted by molar-refractivity contribution is 4.94. The Hall–Kier alpha value is -0.0800. The lowest BCUT2D eigenvalue weighted by molar-refractivity contribution is 0.0692. The topological polar surface area (TPSA) is 15.3 Å². The minimum atomic E-state index is 0.534. The van der Waals surface area contributed by atoms with Gasteiger partial charge in [-0.1, -0.05) is 19.8 Å². The van der Waals surface area contributed by atoms with Gasteiger partial charge in [-0.3, -0.25) is 4.90 Å². The van der Waals surface area contributed by atoms with E-state index in [2.05, 4.69) is 24.1 Å². The fraction of sp³-hybridized carbons (Fsp3) is 1.00. The molecule has 2 heteroatoms. The van der Waals surface area contributed by atoms with Crippen LogP contribution in [-0.2, 0) is 0 Å². The van der Waals surface area contributed by atoms with Crippen LogP contribution in [0, 0.1) is 0 Å². The van der Waals surface area contributed by atoms with Gasteiger partial charge in [0.1, 0.15) is 0 Å². The molecule has 2 fully saturated rings. The Morgan fingerprint density at radius 3 is 2.69 bits per heavy atom. The predicted octanol–water partition coefficient (Wildman–Crippen LogP) is 2.78. The molecule has 1 N–H and O–H groups in total. The molecule has 2 rings (SSSR count). The van der Waals surface area contributed by atoms with Gasteiger partial charge in [0.25, 0.3) is 0 Å². The van der Waals surface area contributed by atoms with Crippen LogP contribution in [0.25, 0.3) is 0 Å². The largest absolute Gasteiger partial charge is 0.313 e. The molecule has 0 aromatic carbocycles. The van der Waals surface area contributed by atoms with Crippen LogP contribution in [0.3, 0.4) is 0 Å². The van der Waals surface area contributed by atoms with Gasteiger partial charge in [-0.2, -0.15) is 0 Å². The van der Waals surface area contributed by atoms with Crippen molar-refractivity contribution >= 4 is 0 Å². The summed E-state index contributed by atoms with van der Waals surface area (Å²) >= 11 is 0. The van der Waals surface area contributed by atoms with Crippen molar-refractivity contribution in [2.24, 2.45) is 0 Å². The SMILES string of the molecule is CCCNC1CCCN(C2(C)CCCC2)C1. The first kappa shape index (κ1) is 12.4. The van der Waals surface area contributed by atoms with Crippen molar-refractivity contribution in [3.8, 4) is 0 Å². The van der Waals surface area contributed by atoms with Crippen LogP contribution >= 0.6 is 0 Å². The lowest BCUT2D eigenvalue weighted by Gasteiger charge is -2.44. The summed E-state index contributed by atoms with van der Waals surface area (Å²) in [6.07, 6.45) is 9.76. The molecule has 1 heterocycles. The lowest BCUT2D eigenvalue weighted by Crippen LogP contribution is -2.54. The van der Waals surface area contributed by atoms with Crippen molar-refractivity contribution < 1.29 is 0 Å². The molecule has 1 aliphatic carbocycles. The lowest BCUT2D eigenvalue weighted by atomic mass is 9.93. The van der Waals surface area contributed by atoms with Gasteiger partial charge in [-0.05, 0) is 52.1 Å². The van der Waals surface area contributed by atoms with Crippen molar-refractivity contribution in [1.82, 2.24) is 10.2 Å². The van der Waals surface area contributed by atoms with Crippen LogP contribution in [0.1, 0.15) is 58.8 Å². The van der Waals surface area contributed by atoms with E-state index in [9.17, 15) is 0 Å². The van der Waals surface area contributed by atoms with Gasteiger partial charge in [0.05, 0.1) is 0 Å². The first-order valence-electron chi connectivity index (χ1n) is 7.23. The van der Waals surface area contributed by atoms with Crippen LogP contribution < -0.4 is 5.32 Å². The second-order valence-corrected chi connectivity index (χ2v) is 5.94. The molecule has 94 valence electrons. The molecule has 0 amide bonds. The van der Waals surface area contributed by atoms with E-state index in [-0.39, 0.29) is 0 Å². The summed E-state index contributed by atoms with van der Waals surface area (Å²) < 4.78 is 0. The van der Waals surface area contributed by atoms with Gasteiger partial charge in [0.2, 0.25) is 0 Å². The van der Waals surface area contributed by atoms with Crippen molar-refractivity contribution in [2.75, 3.05) is 19.6 Å². The average Bonchev–Trinajstić information content (AvgIpc) is 2.75. The summed E-state index contributed by atoms with van der Waals surface area (Å²) in [6, 6.07) is 0.756. The standard InChI is InChI=1S/C14H28N2/c1-3-10-15-13-7-6-11-16(12-13)14(2)8-4-5-9-14/h13,15H,3-12H2,1-2H3. The fourth-order valence-corrected chi connectivity index (χ4v) is 3.44. The van der Waals surface area contributed by atoms with Gasteiger partial charge < -0.3 is 5.32 Å². The molecule has 1 atom stereocenters. The number of nitrogens with one attached hydrogen (secondary N) is 1. The van der Waals surface area contributed by atoms with Gasteiger partial charge in [-0.15, -0.1) is 0 Å². The van der Waals surface area contributed by atoms with E-state index in [4.69, 9.17) is 0 Å². The highest BCUT2D eigenvalue weighted by Crippen LogP contribution is 2.36. The van der Waals surface area contributed by atoms with Crippen LogP contribution in [0.15, 0.2) is 0 Å². The molecule has 1 aliphatic heterocycles. The number of hydrogen-bond donors (Lipinski definition) is 1. The molecule has 0 radical (unpaired) electrons. The minimum Gasteiger partial charge on any atom is -0.313 e. The fourth-order valence-electron chi connectivity index (χ4n) is 3.44. The maximum absolute atomic E-state index is 3.70. The first-order valence-corrected chi connectivity index (χ1v) is 7.23. The molecule has 16 heavy (non-hydrogen) atoms. The third-order valence-electron chi connectivity index (χ3n) is 4.55. The van der Waals surface area contributed by atoms with E-state index in [1.54, 1.807) is 0 Å². The third-order valence-corrected chi connectivity index (χ3v) is 4.55.